The lowest BCUT2D eigenvalue weighted by molar-refractivity contribution is -0.131. The molecule has 0 heterocycles. The molecule has 0 aromatic heterocycles. The standard InChI is InChI=1S/C15H20O2/c1-15(2)9-8-13(16)12(10-15)14(17)11-6-4-3-5-7-11/h3-7,12,14,17H,8-10H2,1-2H3/t12-,14+/m1/s1. The van der Waals surface area contributed by atoms with Gasteiger partial charge in [0.05, 0.1) is 6.10 Å². The van der Waals surface area contributed by atoms with Crippen molar-refractivity contribution in [1.82, 2.24) is 0 Å². The molecule has 0 bridgehead atoms. The van der Waals surface area contributed by atoms with Gasteiger partial charge in [-0.1, -0.05) is 44.2 Å². The van der Waals surface area contributed by atoms with Gasteiger partial charge in [-0.3, -0.25) is 4.79 Å². The van der Waals surface area contributed by atoms with Gasteiger partial charge in [0, 0.05) is 12.3 Å². The summed E-state index contributed by atoms with van der Waals surface area (Å²) in [7, 11) is 0. The number of Topliss-reactive ketones (excluding diaryl/α,β-unsaturated/α-hetero) is 1. The summed E-state index contributed by atoms with van der Waals surface area (Å²) in [5, 5.41) is 10.3. The predicted octanol–water partition coefficient (Wildman–Crippen LogP) is 3.12. The third kappa shape index (κ3) is 2.75. The maximum atomic E-state index is 11.9. The fourth-order valence-electron chi connectivity index (χ4n) is 2.63. The summed E-state index contributed by atoms with van der Waals surface area (Å²) in [4.78, 5) is 11.9. The lowest BCUT2D eigenvalue weighted by Crippen LogP contribution is -2.33. The van der Waals surface area contributed by atoms with Gasteiger partial charge in [-0.05, 0) is 23.8 Å². The Balaban J connectivity index is 2.18. The highest BCUT2D eigenvalue weighted by Crippen LogP contribution is 2.41. The van der Waals surface area contributed by atoms with Crippen molar-refractivity contribution in [2.45, 2.75) is 39.2 Å². The number of carbonyl (C=O) groups excluding carboxylic acids is 1. The van der Waals surface area contributed by atoms with Crippen molar-refractivity contribution >= 4 is 5.78 Å². The Morgan fingerprint density at radius 3 is 2.59 bits per heavy atom. The molecule has 1 saturated carbocycles. The number of aliphatic hydroxyl groups is 1. The average molecular weight is 232 g/mol. The van der Waals surface area contributed by atoms with Crippen LogP contribution in [0.4, 0.5) is 0 Å². The van der Waals surface area contributed by atoms with Gasteiger partial charge >= 0.3 is 0 Å². The van der Waals surface area contributed by atoms with E-state index in [0.717, 1.165) is 18.4 Å². The van der Waals surface area contributed by atoms with Crippen LogP contribution >= 0.6 is 0 Å². The summed E-state index contributed by atoms with van der Waals surface area (Å²) in [6.45, 7) is 4.34. The summed E-state index contributed by atoms with van der Waals surface area (Å²) in [5.74, 6) is -0.0261. The van der Waals surface area contributed by atoms with Gasteiger partial charge in [-0.15, -0.1) is 0 Å². The Labute approximate surface area is 103 Å². The molecule has 0 spiro atoms. The Morgan fingerprint density at radius 2 is 1.94 bits per heavy atom. The molecule has 0 amide bonds. The normalized spacial score (nSPS) is 25.6. The molecule has 2 nitrogen and oxygen atoms in total. The van der Waals surface area contributed by atoms with E-state index in [-0.39, 0.29) is 17.1 Å². The van der Waals surface area contributed by atoms with Gasteiger partial charge in [0.15, 0.2) is 0 Å². The number of aliphatic hydroxyl groups excluding tert-OH is 1. The van der Waals surface area contributed by atoms with E-state index in [9.17, 15) is 9.90 Å². The Hall–Kier alpha value is -1.15. The fraction of sp³-hybridized carbons (Fsp3) is 0.533. The summed E-state index contributed by atoms with van der Waals surface area (Å²) in [5.41, 5.74) is 1.01. The topological polar surface area (TPSA) is 37.3 Å². The number of benzene rings is 1. The molecule has 1 aromatic rings. The van der Waals surface area contributed by atoms with Crippen LogP contribution in [0, 0.1) is 11.3 Å². The molecule has 0 aliphatic heterocycles. The SMILES string of the molecule is CC1(C)CCC(=O)[C@H]([C@@H](O)c2ccccc2)C1. The molecular formula is C15H20O2. The van der Waals surface area contributed by atoms with Crippen LogP contribution in [0.5, 0.6) is 0 Å². The van der Waals surface area contributed by atoms with Crippen molar-refractivity contribution in [3.05, 3.63) is 35.9 Å². The largest absolute Gasteiger partial charge is 0.388 e. The van der Waals surface area contributed by atoms with E-state index in [1.54, 1.807) is 0 Å². The second-order valence-electron chi connectivity index (χ2n) is 5.80. The van der Waals surface area contributed by atoms with E-state index < -0.39 is 6.10 Å². The molecule has 2 rings (SSSR count). The second kappa shape index (κ2) is 4.61. The minimum atomic E-state index is -0.650. The lowest BCUT2D eigenvalue weighted by Gasteiger charge is -2.36. The molecule has 0 saturated heterocycles. The van der Waals surface area contributed by atoms with Gasteiger partial charge in [0.2, 0.25) is 0 Å². The van der Waals surface area contributed by atoms with E-state index in [4.69, 9.17) is 0 Å². The molecule has 1 aliphatic rings. The third-order valence-electron chi connectivity index (χ3n) is 3.76. The maximum absolute atomic E-state index is 11.9. The second-order valence-corrected chi connectivity index (χ2v) is 5.80. The first-order valence-corrected chi connectivity index (χ1v) is 6.25. The molecule has 2 heteroatoms. The number of hydrogen-bond donors (Lipinski definition) is 1. The van der Waals surface area contributed by atoms with Crippen LogP contribution < -0.4 is 0 Å². The van der Waals surface area contributed by atoms with E-state index in [1.807, 2.05) is 30.3 Å². The first kappa shape index (κ1) is 12.3. The van der Waals surface area contributed by atoms with Crippen molar-refractivity contribution in [1.29, 1.82) is 0 Å². The van der Waals surface area contributed by atoms with Crippen LogP contribution in [0.2, 0.25) is 0 Å². The van der Waals surface area contributed by atoms with E-state index in [1.165, 1.54) is 0 Å². The first-order valence-electron chi connectivity index (χ1n) is 6.25. The van der Waals surface area contributed by atoms with Gasteiger partial charge in [0.25, 0.3) is 0 Å². The van der Waals surface area contributed by atoms with Crippen molar-refractivity contribution in [3.63, 3.8) is 0 Å². The average Bonchev–Trinajstić information content (AvgIpc) is 2.33. The monoisotopic (exact) mass is 232 g/mol. The quantitative estimate of drug-likeness (QED) is 0.850. The summed E-state index contributed by atoms with van der Waals surface area (Å²) in [6.07, 6.45) is 1.66. The van der Waals surface area contributed by atoms with Gasteiger partial charge in [-0.2, -0.15) is 0 Å². The number of carbonyl (C=O) groups is 1. The Bertz CT molecular complexity index is 395. The molecule has 1 fully saturated rings. The highest BCUT2D eigenvalue weighted by Gasteiger charge is 2.37. The van der Waals surface area contributed by atoms with Crippen molar-refractivity contribution < 1.29 is 9.90 Å². The number of ketones is 1. The van der Waals surface area contributed by atoms with Crippen LogP contribution in [0.1, 0.15) is 44.8 Å². The number of hydrogen-bond acceptors (Lipinski definition) is 2. The Kier molecular flexibility index (Phi) is 3.34. The van der Waals surface area contributed by atoms with Gasteiger partial charge in [-0.25, -0.2) is 0 Å². The van der Waals surface area contributed by atoms with Gasteiger partial charge < -0.3 is 5.11 Å². The zero-order valence-corrected chi connectivity index (χ0v) is 10.5. The van der Waals surface area contributed by atoms with Crippen LogP contribution in [0.15, 0.2) is 30.3 Å². The Morgan fingerprint density at radius 1 is 1.29 bits per heavy atom. The smallest absolute Gasteiger partial charge is 0.138 e. The minimum absolute atomic E-state index is 0.161. The molecule has 17 heavy (non-hydrogen) atoms. The molecule has 1 aromatic carbocycles. The fourth-order valence-corrected chi connectivity index (χ4v) is 2.63. The lowest BCUT2D eigenvalue weighted by atomic mass is 9.69. The molecule has 92 valence electrons. The molecule has 1 aliphatic carbocycles. The van der Waals surface area contributed by atoms with Crippen molar-refractivity contribution in [3.8, 4) is 0 Å². The zero-order chi connectivity index (χ0) is 12.5. The van der Waals surface area contributed by atoms with Crippen molar-refractivity contribution in [2.75, 3.05) is 0 Å². The summed E-state index contributed by atoms with van der Waals surface area (Å²) >= 11 is 0. The first-order chi connectivity index (χ1) is 7.99. The summed E-state index contributed by atoms with van der Waals surface area (Å²) in [6, 6.07) is 9.50. The molecule has 0 unspecified atom stereocenters. The molecule has 1 N–H and O–H groups in total. The zero-order valence-electron chi connectivity index (χ0n) is 10.5. The van der Waals surface area contributed by atoms with Crippen LogP contribution in [-0.2, 0) is 4.79 Å². The third-order valence-corrected chi connectivity index (χ3v) is 3.76. The molecule has 0 radical (unpaired) electrons. The van der Waals surface area contributed by atoms with Crippen molar-refractivity contribution in [2.24, 2.45) is 11.3 Å². The van der Waals surface area contributed by atoms with E-state index in [0.29, 0.717) is 6.42 Å². The summed E-state index contributed by atoms with van der Waals surface area (Å²) < 4.78 is 0. The molecule has 2 atom stereocenters. The highest BCUT2D eigenvalue weighted by atomic mass is 16.3. The van der Waals surface area contributed by atoms with Gasteiger partial charge in [0.1, 0.15) is 5.78 Å². The minimum Gasteiger partial charge on any atom is -0.388 e. The van der Waals surface area contributed by atoms with E-state index in [2.05, 4.69) is 13.8 Å². The predicted molar refractivity (Wildman–Crippen MR) is 67.5 cm³/mol. The maximum Gasteiger partial charge on any atom is 0.138 e. The van der Waals surface area contributed by atoms with Crippen LogP contribution in [0.25, 0.3) is 0 Å². The molecular weight excluding hydrogens is 212 g/mol. The number of rotatable bonds is 2. The highest BCUT2D eigenvalue weighted by molar-refractivity contribution is 5.82. The van der Waals surface area contributed by atoms with E-state index >= 15 is 0 Å². The van der Waals surface area contributed by atoms with Crippen LogP contribution in [0.3, 0.4) is 0 Å². The van der Waals surface area contributed by atoms with Crippen LogP contribution in [-0.4, -0.2) is 10.9 Å².